The number of aliphatic hydroxyl groups excluding tert-OH is 1. The Hall–Kier alpha value is -3.38. The van der Waals surface area contributed by atoms with E-state index in [1.165, 1.54) is 11.0 Å². The van der Waals surface area contributed by atoms with Gasteiger partial charge in [0, 0.05) is 56.8 Å². The third kappa shape index (κ3) is 8.22. The first kappa shape index (κ1) is 41.4. The fourth-order valence-corrected chi connectivity index (χ4v) is 10.9. The Labute approximate surface area is 343 Å². The lowest BCUT2D eigenvalue weighted by Gasteiger charge is -2.46. The van der Waals surface area contributed by atoms with Crippen molar-refractivity contribution in [2.45, 2.75) is 74.1 Å². The van der Waals surface area contributed by atoms with Crippen LogP contribution in [-0.2, 0) is 42.0 Å². The van der Waals surface area contributed by atoms with Gasteiger partial charge in [-0.25, -0.2) is 13.5 Å². The third-order valence-electron chi connectivity index (χ3n) is 13.1. The third-order valence-corrected chi connectivity index (χ3v) is 14.7. The van der Waals surface area contributed by atoms with E-state index in [1.807, 2.05) is 29.0 Å². The predicted molar refractivity (Wildman–Crippen MR) is 212 cm³/mol. The van der Waals surface area contributed by atoms with E-state index >= 15 is 0 Å². The summed E-state index contributed by atoms with van der Waals surface area (Å²) in [6.07, 6.45) is 6.93. The van der Waals surface area contributed by atoms with E-state index in [0.717, 1.165) is 47.5 Å². The van der Waals surface area contributed by atoms with Gasteiger partial charge in [-0.1, -0.05) is 35.9 Å². The van der Waals surface area contributed by atoms with Crippen LogP contribution >= 0.6 is 11.6 Å². The molecule has 1 unspecified atom stereocenters. The average Bonchev–Trinajstić information content (AvgIpc) is 3.28. The highest BCUT2D eigenvalue weighted by Crippen LogP contribution is 2.48. The number of alkyl halides is 2. The lowest BCUT2D eigenvalue weighted by molar-refractivity contribution is -0.148. The average molecular weight is 848 g/mol. The zero-order valence-electron chi connectivity index (χ0n) is 32.6. The quantitative estimate of drug-likeness (QED) is 0.355. The number of hydrogen-bond acceptors (Lipinski definition) is 10. The van der Waals surface area contributed by atoms with Crippen molar-refractivity contribution in [3.8, 4) is 5.75 Å². The number of ether oxygens (including phenoxy) is 2. The van der Waals surface area contributed by atoms with E-state index < -0.39 is 51.5 Å². The number of nitrogens with one attached hydrogen (secondary N) is 1. The molecule has 5 atom stereocenters. The summed E-state index contributed by atoms with van der Waals surface area (Å²) in [4.78, 5) is 33.2. The maximum atomic E-state index is 14.1. The van der Waals surface area contributed by atoms with Gasteiger partial charge in [0.2, 0.25) is 5.91 Å². The van der Waals surface area contributed by atoms with Crippen LogP contribution in [0.4, 0.5) is 14.5 Å². The molecular weight excluding hydrogens is 796 g/mol. The highest BCUT2D eigenvalue weighted by molar-refractivity contribution is 7.87. The van der Waals surface area contributed by atoms with Crippen molar-refractivity contribution in [3.63, 3.8) is 0 Å². The Bertz CT molecular complexity index is 2050. The first-order valence-corrected chi connectivity index (χ1v) is 22.0. The van der Waals surface area contributed by atoms with Gasteiger partial charge in [0.05, 0.1) is 50.6 Å². The molecule has 0 aromatic heterocycles. The molecule has 4 aliphatic heterocycles. The van der Waals surface area contributed by atoms with Crippen molar-refractivity contribution in [2.75, 3.05) is 77.5 Å². The molecule has 2 aromatic rings. The molecule has 0 radical (unpaired) electrons. The summed E-state index contributed by atoms with van der Waals surface area (Å²) in [5.74, 6) is -3.75. The van der Waals surface area contributed by atoms with Gasteiger partial charge in [0.15, 0.2) is 5.60 Å². The fraction of sp³-hybridized carbons (Fsp3) is 0.610. The number of aliphatic hydroxyl groups is 2. The zero-order chi connectivity index (χ0) is 41.0. The Morgan fingerprint density at radius 3 is 2.62 bits per heavy atom. The highest BCUT2D eigenvalue weighted by atomic mass is 35.5. The number of amides is 2. The highest BCUT2D eigenvalue weighted by Gasteiger charge is 2.48. The van der Waals surface area contributed by atoms with E-state index in [9.17, 15) is 37.0 Å². The summed E-state index contributed by atoms with van der Waals surface area (Å²) in [5, 5.41) is 22.8. The van der Waals surface area contributed by atoms with Gasteiger partial charge >= 0.3 is 10.2 Å². The normalized spacial score (nSPS) is 31.1. The number of anilines is 1. The number of likely N-dealkylation sites (tertiary alicyclic amines) is 1. The molecule has 6 aliphatic rings. The topological polar surface area (TPSA) is 152 Å². The van der Waals surface area contributed by atoms with E-state index in [-0.39, 0.29) is 56.2 Å². The summed E-state index contributed by atoms with van der Waals surface area (Å²) in [7, 11) is -2.89. The molecule has 316 valence electrons. The summed E-state index contributed by atoms with van der Waals surface area (Å²) < 4.78 is 69.5. The van der Waals surface area contributed by atoms with Gasteiger partial charge in [-0.3, -0.25) is 14.5 Å². The van der Waals surface area contributed by atoms with Crippen LogP contribution in [0.5, 0.6) is 5.75 Å². The number of carbonyl (C=O) groups excluding carboxylic acids is 2. The summed E-state index contributed by atoms with van der Waals surface area (Å²) in [6, 6.07) is 10.8. The fourth-order valence-electron chi connectivity index (χ4n) is 9.48. The van der Waals surface area contributed by atoms with Gasteiger partial charge in [-0.15, -0.1) is 0 Å². The monoisotopic (exact) mass is 847 g/mol. The van der Waals surface area contributed by atoms with E-state index in [0.29, 0.717) is 55.7 Å². The smallest absolute Gasteiger partial charge is 0.304 e. The Balaban J connectivity index is 1.16. The number of halogens is 3. The van der Waals surface area contributed by atoms with E-state index in [1.54, 1.807) is 24.1 Å². The van der Waals surface area contributed by atoms with Crippen molar-refractivity contribution in [3.05, 3.63) is 70.3 Å². The second kappa shape index (κ2) is 15.9. The number of β-amino-alcohol motifs (C(OH)–C–C–N with tert-alkyl or cyclic N) is 1. The lowest BCUT2D eigenvalue weighted by atomic mass is 9.68. The van der Waals surface area contributed by atoms with E-state index in [4.69, 9.17) is 21.1 Å². The van der Waals surface area contributed by atoms with Gasteiger partial charge in [0.25, 0.3) is 11.8 Å². The largest absolute Gasteiger partial charge is 0.490 e. The molecule has 1 saturated carbocycles. The lowest BCUT2D eigenvalue weighted by Crippen LogP contribution is -2.60. The molecule has 4 heterocycles. The molecule has 2 aromatic carbocycles. The Morgan fingerprint density at radius 1 is 1.10 bits per heavy atom. The minimum absolute atomic E-state index is 0.0275. The molecule has 2 saturated heterocycles. The van der Waals surface area contributed by atoms with Crippen molar-refractivity contribution in [2.24, 2.45) is 11.8 Å². The number of carbonyl (C=O) groups is 2. The van der Waals surface area contributed by atoms with E-state index in [2.05, 4.69) is 11.0 Å². The number of hydrogen-bond donors (Lipinski definition) is 3. The van der Waals surface area contributed by atoms with Crippen LogP contribution in [0.3, 0.4) is 0 Å². The minimum Gasteiger partial charge on any atom is -0.490 e. The van der Waals surface area contributed by atoms with Crippen molar-refractivity contribution in [1.29, 1.82) is 0 Å². The SMILES string of the molecule is CN1CC/C=C/[C@H](OCCN2CC(F)(F)C2)[C@@H]2CC[C@H]2CN2C[C@@]3(CCCc4cc(Cl)ccc43)COc3ccc(cc32)C(O)(C(=O)NS(=O)(=O)N2CC(O)C2)CC1=O. The van der Waals surface area contributed by atoms with Crippen LogP contribution in [0, 0.1) is 11.8 Å². The van der Waals surface area contributed by atoms with Crippen molar-refractivity contribution in [1.82, 2.24) is 18.8 Å². The molecule has 2 amide bonds. The molecule has 2 bridgehead atoms. The minimum atomic E-state index is -4.44. The Morgan fingerprint density at radius 2 is 1.90 bits per heavy atom. The van der Waals surface area contributed by atoms with Crippen LogP contribution in [-0.4, -0.2) is 135 Å². The molecular formula is C41H52ClF2N5O8S. The molecule has 8 rings (SSSR count). The van der Waals surface area contributed by atoms with Crippen molar-refractivity contribution >= 4 is 39.3 Å². The second-order valence-corrected chi connectivity index (χ2v) is 19.3. The van der Waals surface area contributed by atoms with Crippen LogP contribution < -0.4 is 14.4 Å². The van der Waals surface area contributed by atoms with Crippen LogP contribution in [0.1, 0.15) is 55.2 Å². The van der Waals surface area contributed by atoms with Crippen LogP contribution in [0.2, 0.25) is 5.02 Å². The maximum Gasteiger partial charge on any atom is 0.304 e. The van der Waals surface area contributed by atoms with Crippen molar-refractivity contribution < 1.29 is 46.5 Å². The second-order valence-electron chi connectivity index (χ2n) is 17.2. The first-order chi connectivity index (χ1) is 27.5. The molecule has 1 spiro atoms. The van der Waals surface area contributed by atoms with Crippen LogP contribution in [0.15, 0.2) is 48.6 Å². The molecule has 13 nitrogen and oxygen atoms in total. The molecule has 3 fully saturated rings. The van der Waals surface area contributed by atoms with Crippen LogP contribution in [0.25, 0.3) is 0 Å². The van der Waals surface area contributed by atoms with Gasteiger partial charge < -0.3 is 29.5 Å². The molecule has 3 N–H and O–H groups in total. The summed E-state index contributed by atoms with van der Waals surface area (Å²) in [5.41, 5.74) is -0.102. The number of fused-ring (bicyclic) bond motifs is 4. The van der Waals surface area contributed by atoms with Gasteiger partial charge in [-0.2, -0.15) is 12.7 Å². The van der Waals surface area contributed by atoms with Gasteiger partial charge in [0.1, 0.15) is 5.75 Å². The summed E-state index contributed by atoms with van der Waals surface area (Å²) in [6.45, 7) is 1.45. The zero-order valence-corrected chi connectivity index (χ0v) is 34.2. The molecule has 17 heteroatoms. The first-order valence-electron chi connectivity index (χ1n) is 20.2. The molecule has 58 heavy (non-hydrogen) atoms. The van der Waals surface area contributed by atoms with Gasteiger partial charge in [-0.05, 0) is 91.3 Å². The maximum absolute atomic E-state index is 14.1. The standard InChI is InChI=1S/C41H52ClF2N5O8S/c1-46-14-3-2-6-35(56-16-15-47-24-40(43,44)25-47)32-10-7-28(32)20-48-23-39(13-4-5-27-17-30(42)9-11-33(27)39)26-57-36-12-8-29(18-34(36)48)41(53,19-37(46)51)38(52)45-58(54,55)49-21-31(50)22-49/h2,6,8-9,11-12,17-18,28,31-32,35,50,53H,3-5,7,10,13-16,19-26H2,1H3,(H,45,52)/b6-2+/t28-,32+,35-,39-,41?/m0/s1. The number of aryl methyl sites for hydroxylation is 1. The summed E-state index contributed by atoms with van der Waals surface area (Å²) >= 11 is 6.47. The molecule has 2 aliphatic carbocycles. The number of nitrogens with zero attached hydrogens (tertiary/aromatic N) is 4. The number of rotatable bonds is 7. The number of benzene rings is 2. The predicted octanol–water partition coefficient (Wildman–Crippen LogP) is 3.21. The Kier molecular flexibility index (Phi) is 11.3.